The predicted molar refractivity (Wildman–Crippen MR) is 88.4 cm³/mol. The number of hydrogen-bond acceptors (Lipinski definition) is 5. The Balaban J connectivity index is 1.80. The van der Waals surface area contributed by atoms with Crippen LogP contribution in [0.4, 0.5) is 5.69 Å². The molecule has 0 saturated carbocycles. The molecular formula is C16H12BrN3O3. The summed E-state index contributed by atoms with van der Waals surface area (Å²) < 4.78 is 10.7. The predicted octanol–water partition coefficient (Wildman–Crippen LogP) is 3.76. The maximum Gasteiger partial charge on any atom is 0.291 e. The molecule has 0 aliphatic rings. The average molecular weight is 374 g/mol. The van der Waals surface area contributed by atoms with Crippen LogP contribution in [0.5, 0.6) is 5.88 Å². The molecule has 0 unspecified atom stereocenters. The van der Waals surface area contributed by atoms with E-state index in [1.807, 2.05) is 18.2 Å². The lowest BCUT2D eigenvalue weighted by Crippen LogP contribution is -2.10. The molecule has 116 valence electrons. The number of carbonyl (C=O) groups is 1. The van der Waals surface area contributed by atoms with Crippen LogP contribution >= 0.6 is 15.9 Å². The summed E-state index contributed by atoms with van der Waals surface area (Å²) in [6.07, 6.45) is 0. The van der Waals surface area contributed by atoms with Gasteiger partial charge in [-0.2, -0.15) is 0 Å². The average Bonchev–Trinajstić information content (AvgIpc) is 3.02. The van der Waals surface area contributed by atoms with Gasteiger partial charge in [0.25, 0.3) is 5.91 Å². The number of furan rings is 1. The second kappa shape index (κ2) is 6.62. The van der Waals surface area contributed by atoms with E-state index in [0.29, 0.717) is 21.9 Å². The molecule has 1 N–H and O–H groups in total. The van der Waals surface area contributed by atoms with Crippen LogP contribution in [-0.2, 0) is 0 Å². The number of methoxy groups -OCH3 is 1. The van der Waals surface area contributed by atoms with E-state index in [2.05, 4.69) is 31.4 Å². The zero-order valence-electron chi connectivity index (χ0n) is 12.1. The molecule has 0 atom stereocenters. The van der Waals surface area contributed by atoms with E-state index in [4.69, 9.17) is 9.15 Å². The van der Waals surface area contributed by atoms with Crippen LogP contribution in [0, 0.1) is 0 Å². The molecule has 3 rings (SSSR count). The van der Waals surface area contributed by atoms with Crippen molar-refractivity contribution < 1.29 is 13.9 Å². The van der Waals surface area contributed by atoms with Crippen molar-refractivity contribution in [3.05, 3.63) is 59.0 Å². The lowest BCUT2D eigenvalue weighted by molar-refractivity contribution is 0.0995. The molecule has 7 heteroatoms. The molecule has 0 spiro atoms. The highest BCUT2D eigenvalue weighted by Gasteiger charge is 2.11. The smallest absolute Gasteiger partial charge is 0.291 e. The van der Waals surface area contributed by atoms with Crippen molar-refractivity contribution in [2.45, 2.75) is 0 Å². The Kier molecular flexibility index (Phi) is 4.38. The van der Waals surface area contributed by atoms with Crippen LogP contribution in [0.2, 0.25) is 0 Å². The minimum absolute atomic E-state index is 0.228. The minimum atomic E-state index is -0.325. The molecule has 3 aromatic rings. The first-order valence-corrected chi connectivity index (χ1v) is 7.50. The number of rotatable bonds is 4. The van der Waals surface area contributed by atoms with E-state index in [-0.39, 0.29) is 11.7 Å². The number of nitrogens with one attached hydrogen (secondary N) is 1. The first-order chi connectivity index (χ1) is 11.2. The molecule has 0 aliphatic heterocycles. The van der Waals surface area contributed by atoms with Crippen molar-refractivity contribution in [1.82, 2.24) is 10.2 Å². The summed E-state index contributed by atoms with van der Waals surface area (Å²) in [6, 6.07) is 14.1. The van der Waals surface area contributed by atoms with Gasteiger partial charge in [0, 0.05) is 17.3 Å². The van der Waals surface area contributed by atoms with Gasteiger partial charge in [-0.1, -0.05) is 12.1 Å². The molecule has 1 amide bonds. The normalized spacial score (nSPS) is 10.3. The van der Waals surface area contributed by atoms with E-state index < -0.39 is 0 Å². The van der Waals surface area contributed by atoms with Gasteiger partial charge in [-0.25, -0.2) is 0 Å². The molecule has 6 nitrogen and oxygen atoms in total. The van der Waals surface area contributed by atoms with E-state index in [0.717, 1.165) is 5.56 Å². The highest BCUT2D eigenvalue weighted by Crippen LogP contribution is 2.22. The molecule has 0 aliphatic carbocycles. The Labute approximate surface area is 140 Å². The molecule has 0 bridgehead atoms. The third-order valence-corrected chi connectivity index (χ3v) is 3.49. The second-order valence-electron chi connectivity index (χ2n) is 4.60. The van der Waals surface area contributed by atoms with Crippen molar-refractivity contribution in [2.75, 3.05) is 12.4 Å². The molecule has 0 fully saturated rings. The molecule has 0 radical (unpaired) electrons. The van der Waals surface area contributed by atoms with E-state index in [9.17, 15) is 4.79 Å². The number of hydrogen-bond donors (Lipinski definition) is 1. The monoisotopic (exact) mass is 373 g/mol. The SMILES string of the molecule is COc1ccc(-c2cccc(NC(=O)c3ccc(Br)o3)c2)nn1. The van der Waals surface area contributed by atoms with Gasteiger partial charge >= 0.3 is 0 Å². The highest BCUT2D eigenvalue weighted by atomic mass is 79.9. The first-order valence-electron chi connectivity index (χ1n) is 6.70. The third kappa shape index (κ3) is 3.57. The van der Waals surface area contributed by atoms with Crippen molar-refractivity contribution in [2.24, 2.45) is 0 Å². The number of carbonyl (C=O) groups excluding carboxylic acids is 1. The van der Waals surface area contributed by atoms with Gasteiger partial charge in [-0.3, -0.25) is 4.79 Å². The Bertz CT molecular complexity index is 831. The van der Waals surface area contributed by atoms with Crippen LogP contribution < -0.4 is 10.1 Å². The summed E-state index contributed by atoms with van der Waals surface area (Å²) in [5.41, 5.74) is 2.15. The van der Waals surface area contributed by atoms with Crippen LogP contribution in [0.1, 0.15) is 10.6 Å². The van der Waals surface area contributed by atoms with E-state index in [1.54, 1.807) is 30.3 Å². The highest BCUT2D eigenvalue weighted by molar-refractivity contribution is 9.10. The summed E-state index contributed by atoms with van der Waals surface area (Å²) in [6.45, 7) is 0. The van der Waals surface area contributed by atoms with Crippen molar-refractivity contribution in [3.8, 4) is 17.1 Å². The summed E-state index contributed by atoms with van der Waals surface area (Å²) in [5.74, 6) is 0.349. The second-order valence-corrected chi connectivity index (χ2v) is 5.38. The number of ether oxygens (including phenoxy) is 1. The zero-order valence-corrected chi connectivity index (χ0v) is 13.7. The topological polar surface area (TPSA) is 77.2 Å². The number of nitrogens with zero attached hydrogens (tertiary/aromatic N) is 2. The minimum Gasteiger partial charge on any atom is -0.480 e. The van der Waals surface area contributed by atoms with Crippen molar-refractivity contribution in [1.29, 1.82) is 0 Å². The van der Waals surface area contributed by atoms with Crippen molar-refractivity contribution >= 4 is 27.5 Å². The van der Waals surface area contributed by atoms with Crippen LogP contribution in [0.15, 0.2) is 57.6 Å². The van der Waals surface area contributed by atoms with Gasteiger partial charge in [0.15, 0.2) is 10.4 Å². The molecule has 23 heavy (non-hydrogen) atoms. The zero-order chi connectivity index (χ0) is 16.2. The number of anilines is 1. The Morgan fingerprint density at radius 1 is 1.17 bits per heavy atom. The maximum absolute atomic E-state index is 12.1. The number of amides is 1. The van der Waals surface area contributed by atoms with Crippen LogP contribution in [0.25, 0.3) is 11.3 Å². The summed E-state index contributed by atoms with van der Waals surface area (Å²) in [4.78, 5) is 12.1. The number of benzene rings is 1. The fraction of sp³-hybridized carbons (Fsp3) is 0.0625. The molecule has 2 heterocycles. The lowest BCUT2D eigenvalue weighted by atomic mass is 10.1. The Morgan fingerprint density at radius 3 is 2.70 bits per heavy atom. The summed E-state index contributed by atoms with van der Waals surface area (Å²) in [5, 5.41) is 10.8. The van der Waals surface area contributed by atoms with Gasteiger partial charge in [0.1, 0.15) is 0 Å². The summed E-state index contributed by atoms with van der Waals surface area (Å²) >= 11 is 3.17. The van der Waals surface area contributed by atoms with Gasteiger partial charge in [0.2, 0.25) is 5.88 Å². The van der Waals surface area contributed by atoms with Crippen LogP contribution in [0.3, 0.4) is 0 Å². The van der Waals surface area contributed by atoms with E-state index in [1.165, 1.54) is 7.11 Å². The Morgan fingerprint density at radius 2 is 2.04 bits per heavy atom. The third-order valence-electron chi connectivity index (χ3n) is 3.06. The molecular weight excluding hydrogens is 362 g/mol. The van der Waals surface area contributed by atoms with E-state index >= 15 is 0 Å². The van der Waals surface area contributed by atoms with Gasteiger partial charge in [0.05, 0.1) is 12.8 Å². The maximum atomic E-state index is 12.1. The van der Waals surface area contributed by atoms with Gasteiger partial charge in [-0.15, -0.1) is 10.2 Å². The Hall–Kier alpha value is -2.67. The van der Waals surface area contributed by atoms with Gasteiger partial charge < -0.3 is 14.5 Å². The molecule has 2 aromatic heterocycles. The largest absolute Gasteiger partial charge is 0.480 e. The van der Waals surface area contributed by atoms with Crippen LogP contribution in [-0.4, -0.2) is 23.2 Å². The first kappa shape index (κ1) is 15.2. The van der Waals surface area contributed by atoms with Crippen molar-refractivity contribution in [3.63, 3.8) is 0 Å². The standard InChI is InChI=1S/C16H12BrN3O3/c1-22-15-8-5-12(19-20-15)10-3-2-4-11(9-10)18-16(21)13-6-7-14(17)23-13/h2-9H,1H3,(H,18,21). The number of halogens is 1. The quantitative estimate of drug-likeness (QED) is 0.753. The lowest BCUT2D eigenvalue weighted by Gasteiger charge is -2.06. The van der Waals surface area contributed by atoms with Gasteiger partial charge in [-0.05, 0) is 46.3 Å². The fourth-order valence-electron chi connectivity index (χ4n) is 1.97. The fourth-order valence-corrected chi connectivity index (χ4v) is 2.27. The molecule has 1 aromatic carbocycles. The number of aromatic nitrogens is 2. The molecule has 0 saturated heterocycles. The summed E-state index contributed by atoms with van der Waals surface area (Å²) in [7, 11) is 1.53.